The molecule has 3 aromatic rings. The van der Waals surface area contributed by atoms with Crippen molar-refractivity contribution >= 4 is 22.9 Å². The summed E-state index contributed by atoms with van der Waals surface area (Å²) in [6.07, 6.45) is 4.90. The number of hydrazone groups is 1. The fraction of sp³-hybridized carbons (Fsp3) is 0. The molecular formula is C12H10N6O. The molecule has 0 atom stereocenters. The van der Waals surface area contributed by atoms with Crippen molar-refractivity contribution in [1.82, 2.24) is 20.2 Å². The van der Waals surface area contributed by atoms with Gasteiger partial charge in [-0.15, -0.1) is 0 Å². The molecule has 3 N–H and O–H groups in total. The number of rotatable bonds is 3. The van der Waals surface area contributed by atoms with E-state index < -0.39 is 5.69 Å². The minimum Gasteiger partial charge on any atom is -0.361 e. The third-order valence-electron chi connectivity index (χ3n) is 2.57. The largest absolute Gasteiger partial charge is 0.363 e. The van der Waals surface area contributed by atoms with Crippen LogP contribution in [0.2, 0.25) is 0 Å². The number of hydrogen-bond donors (Lipinski definition) is 3. The van der Waals surface area contributed by atoms with E-state index in [1.165, 1.54) is 6.20 Å². The Morgan fingerprint density at radius 2 is 2.21 bits per heavy atom. The van der Waals surface area contributed by atoms with Gasteiger partial charge in [0.25, 0.3) is 0 Å². The van der Waals surface area contributed by atoms with Crippen LogP contribution in [0.5, 0.6) is 0 Å². The molecule has 2 heterocycles. The van der Waals surface area contributed by atoms with Gasteiger partial charge in [-0.05, 0) is 6.07 Å². The van der Waals surface area contributed by atoms with Crippen LogP contribution >= 0.6 is 0 Å². The van der Waals surface area contributed by atoms with Gasteiger partial charge in [0.05, 0.1) is 12.4 Å². The first-order valence-corrected chi connectivity index (χ1v) is 5.60. The van der Waals surface area contributed by atoms with Crippen LogP contribution in [0, 0.1) is 0 Å². The number of nitrogens with zero attached hydrogens (tertiary/aromatic N) is 3. The van der Waals surface area contributed by atoms with Crippen LogP contribution in [0.15, 0.2) is 46.6 Å². The van der Waals surface area contributed by atoms with E-state index in [9.17, 15) is 4.79 Å². The zero-order valence-electron chi connectivity index (χ0n) is 9.79. The SMILES string of the molecule is O=c1nc(N/N=C/c2c[nH]c3ccccc23)cn[nH]1. The van der Waals surface area contributed by atoms with Crippen LogP contribution in [0.4, 0.5) is 5.82 Å². The van der Waals surface area contributed by atoms with E-state index in [1.807, 2.05) is 30.5 Å². The second-order valence-electron chi connectivity index (χ2n) is 3.83. The zero-order valence-corrected chi connectivity index (χ0v) is 9.79. The highest BCUT2D eigenvalue weighted by Crippen LogP contribution is 2.15. The van der Waals surface area contributed by atoms with Gasteiger partial charge < -0.3 is 4.98 Å². The molecule has 0 bridgehead atoms. The highest BCUT2D eigenvalue weighted by molar-refractivity contribution is 5.99. The van der Waals surface area contributed by atoms with Crippen molar-refractivity contribution in [3.8, 4) is 0 Å². The summed E-state index contributed by atoms with van der Waals surface area (Å²) in [5.41, 5.74) is 4.12. The summed E-state index contributed by atoms with van der Waals surface area (Å²) in [6.45, 7) is 0. The first kappa shape index (κ1) is 11.1. The molecule has 94 valence electrons. The Bertz CT molecular complexity index is 788. The molecule has 0 spiro atoms. The van der Waals surface area contributed by atoms with E-state index in [-0.39, 0.29) is 0 Å². The van der Waals surface area contributed by atoms with Gasteiger partial charge in [0.1, 0.15) is 0 Å². The second kappa shape index (κ2) is 4.73. The number of anilines is 1. The van der Waals surface area contributed by atoms with Gasteiger partial charge in [0.15, 0.2) is 5.82 Å². The Hall–Kier alpha value is -2.96. The maximum absolute atomic E-state index is 10.9. The van der Waals surface area contributed by atoms with Crippen molar-refractivity contribution in [2.24, 2.45) is 5.10 Å². The average Bonchev–Trinajstić information content (AvgIpc) is 2.83. The topological polar surface area (TPSA) is 98.8 Å². The molecule has 0 saturated carbocycles. The van der Waals surface area contributed by atoms with Crippen LogP contribution in [0.3, 0.4) is 0 Å². The standard InChI is InChI=1S/C12H10N6O/c19-12-16-11(7-15-18-12)17-14-6-8-5-13-10-4-2-1-3-9(8)10/h1-7,13H,(H2,16,17,18,19)/b14-6+. The maximum Gasteiger partial charge on any atom is 0.363 e. The number of aromatic amines is 2. The lowest BCUT2D eigenvalue weighted by molar-refractivity contribution is 0.913. The van der Waals surface area contributed by atoms with Crippen LogP contribution in [0.25, 0.3) is 10.9 Å². The van der Waals surface area contributed by atoms with Gasteiger partial charge in [-0.1, -0.05) is 18.2 Å². The van der Waals surface area contributed by atoms with Crippen molar-refractivity contribution in [1.29, 1.82) is 0 Å². The van der Waals surface area contributed by atoms with Crippen LogP contribution < -0.4 is 11.1 Å². The Morgan fingerprint density at radius 1 is 1.32 bits per heavy atom. The molecule has 0 unspecified atom stereocenters. The normalized spacial score (nSPS) is 11.2. The summed E-state index contributed by atoms with van der Waals surface area (Å²) in [6, 6.07) is 7.91. The minimum absolute atomic E-state index is 0.292. The van der Waals surface area contributed by atoms with E-state index in [4.69, 9.17) is 0 Å². The first-order chi connectivity index (χ1) is 9.33. The van der Waals surface area contributed by atoms with Gasteiger partial charge >= 0.3 is 5.69 Å². The van der Waals surface area contributed by atoms with Crippen molar-refractivity contribution in [2.45, 2.75) is 0 Å². The third kappa shape index (κ3) is 2.34. The number of H-pyrrole nitrogens is 2. The summed E-state index contributed by atoms with van der Waals surface area (Å²) in [4.78, 5) is 17.7. The molecule has 3 rings (SSSR count). The molecule has 2 aromatic heterocycles. The van der Waals surface area contributed by atoms with Gasteiger partial charge in [-0.25, -0.2) is 9.89 Å². The second-order valence-corrected chi connectivity index (χ2v) is 3.83. The number of fused-ring (bicyclic) bond motifs is 1. The third-order valence-corrected chi connectivity index (χ3v) is 2.57. The zero-order chi connectivity index (χ0) is 13.1. The summed E-state index contributed by atoms with van der Waals surface area (Å²) in [7, 11) is 0. The summed E-state index contributed by atoms with van der Waals surface area (Å²) < 4.78 is 0. The molecule has 0 aliphatic carbocycles. The molecule has 0 aliphatic rings. The van der Waals surface area contributed by atoms with Gasteiger partial charge in [-0.2, -0.15) is 15.2 Å². The van der Waals surface area contributed by atoms with E-state index in [1.54, 1.807) is 6.21 Å². The van der Waals surface area contributed by atoms with Gasteiger partial charge in [0.2, 0.25) is 0 Å². The van der Waals surface area contributed by atoms with Crippen LogP contribution in [0.1, 0.15) is 5.56 Å². The lowest BCUT2D eigenvalue weighted by Crippen LogP contribution is -2.13. The molecule has 0 saturated heterocycles. The molecule has 0 radical (unpaired) electrons. The smallest absolute Gasteiger partial charge is 0.361 e. The number of para-hydroxylation sites is 1. The Morgan fingerprint density at radius 3 is 3.11 bits per heavy atom. The monoisotopic (exact) mass is 254 g/mol. The highest BCUT2D eigenvalue weighted by Gasteiger charge is 1.99. The van der Waals surface area contributed by atoms with Crippen molar-refractivity contribution in [3.05, 3.63) is 52.7 Å². The highest BCUT2D eigenvalue weighted by atomic mass is 16.1. The lowest BCUT2D eigenvalue weighted by Gasteiger charge is -1.95. The number of hydrogen-bond acceptors (Lipinski definition) is 5. The molecule has 0 fully saturated rings. The van der Waals surface area contributed by atoms with Crippen molar-refractivity contribution < 1.29 is 0 Å². The summed E-state index contributed by atoms with van der Waals surface area (Å²) in [5, 5.41) is 10.9. The summed E-state index contributed by atoms with van der Waals surface area (Å²) >= 11 is 0. The van der Waals surface area contributed by atoms with E-state index in [2.05, 4.69) is 30.7 Å². The van der Waals surface area contributed by atoms with Gasteiger partial charge in [-0.3, -0.25) is 5.43 Å². The molecule has 1 aromatic carbocycles. The molecular weight excluding hydrogens is 244 g/mol. The predicted octanol–water partition coefficient (Wildman–Crippen LogP) is 1.09. The molecule has 19 heavy (non-hydrogen) atoms. The fourth-order valence-electron chi connectivity index (χ4n) is 1.73. The predicted molar refractivity (Wildman–Crippen MR) is 72.2 cm³/mol. The lowest BCUT2D eigenvalue weighted by atomic mass is 10.2. The van der Waals surface area contributed by atoms with Gasteiger partial charge in [0, 0.05) is 22.7 Å². The Balaban J connectivity index is 1.81. The average molecular weight is 254 g/mol. The molecule has 0 aliphatic heterocycles. The number of nitrogens with one attached hydrogen (secondary N) is 3. The quantitative estimate of drug-likeness (QED) is 0.481. The Kier molecular flexibility index (Phi) is 2.77. The molecule has 0 amide bonds. The number of aromatic nitrogens is 4. The summed E-state index contributed by atoms with van der Waals surface area (Å²) in [5.74, 6) is 0.292. The number of benzene rings is 1. The Labute approximate surface area is 107 Å². The van der Waals surface area contributed by atoms with Crippen LogP contribution in [-0.4, -0.2) is 26.4 Å². The van der Waals surface area contributed by atoms with Crippen molar-refractivity contribution in [3.63, 3.8) is 0 Å². The first-order valence-electron chi connectivity index (χ1n) is 5.60. The van der Waals surface area contributed by atoms with Crippen LogP contribution in [-0.2, 0) is 0 Å². The molecule has 7 heteroatoms. The van der Waals surface area contributed by atoms with Crippen molar-refractivity contribution in [2.75, 3.05) is 5.43 Å². The molecule has 7 nitrogen and oxygen atoms in total. The van der Waals surface area contributed by atoms with E-state index >= 15 is 0 Å². The fourth-order valence-corrected chi connectivity index (χ4v) is 1.73. The van der Waals surface area contributed by atoms with E-state index in [0.717, 1.165) is 16.5 Å². The van der Waals surface area contributed by atoms with E-state index in [0.29, 0.717) is 5.82 Å². The minimum atomic E-state index is -0.521. The maximum atomic E-state index is 10.9.